The molecule has 1 aromatic heterocycles. The molecule has 1 radical (unpaired) electrons. The molecule has 2 aromatic rings. The number of aryl methyl sites for hydroxylation is 1. The number of benzene rings is 1. The van der Waals surface area contributed by atoms with Gasteiger partial charge in [0, 0.05) is 16.6 Å². The van der Waals surface area contributed by atoms with E-state index >= 15 is 0 Å². The van der Waals surface area contributed by atoms with Gasteiger partial charge in [0.25, 0.3) is 0 Å². The van der Waals surface area contributed by atoms with Gasteiger partial charge in [-0.25, -0.2) is 0 Å². The fraction of sp³-hybridized carbons (Fsp3) is 0.200. The molecule has 2 rings (SSSR count). The zero-order valence-electron chi connectivity index (χ0n) is 9.83. The van der Waals surface area contributed by atoms with Crippen molar-refractivity contribution >= 4 is 10.9 Å². The molecule has 0 aliphatic rings. The van der Waals surface area contributed by atoms with Crippen LogP contribution < -0.4 is 0 Å². The van der Waals surface area contributed by atoms with E-state index in [-0.39, 0.29) is 0 Å². The number of aromatic nitrogens is 1. The lowest BCUT2D eigenvalue weighted by atomic mass is 10.1. The molecule has 16 heavy (non-hydrogen) atoms. The molecule has 0 bridgehead atoms. The summed E-state index contributed by atoms with van der Waals surface area (Å²) in [6.07, 6.45) is 6.38. The van der Waals surface area contributed by atoms with E-state index in [1.807, 2.05) is 30.3 Å². The standard InChI is InChI=1S/C13H11N.C2H5/c1-3-10-9-11(4-2)14-13-8-6-5-7-12(10)13;1-2/h1,5-9H,4H2,2H3;1H2,2H3. The van der Waals surface area contributed by atoms with Crippen LogP contribution in [0.5, 0.6) is 0 Å². The minimum atomic E-state index is 0.916. The Balaban J connectivity index is 0.000000606. The van der Waals surface area contributed by atoms with E-state index in [9.17, 15) is 0 Å². The Morgan fingerprint density at radius 1 is 1.31 bits per heavy atom. The Morgan fingerprint density at radius 3 is 2.62 bits per heavy atom. The number of fused-ring (bicyclic) bond motifs is 1. The predicted molar refractivity (Wildman–Crippen MR) is 70.1 cm³/mol. The summed E-state index contributed by atoms with van der Waals surface area (Å²) >= 11 is 0. The topological polar surface area (TPSA) is 12.9 Å². The molecule has 0 aliphatic heterocycles. The van der Waals surface area contributed by atoms with Gasteiger partial charge in [-0.2, -0.15) is 0 Å². The number of hydrogen-bond acceptors (Lipinski definition) is 1. The van der Waals surface area contributed by atoms with Crippen LogP contribution in [0.15, 0.2) is 30.3 Å². The Kier molecular flexibility index (Phi) is 4.54. The van der Waals surface area contributed by atoms with Gasteiger partial charge in [0.15, 0.2) is 0 Å². The van der Waals surface area contributed by atoms with Gasteiger partial charge in [0.1, 0.15) is 0 Å². The smallest absolute Gasteiger partial charge is 0.0717 e. The van der Waals surface area contributed by atoms with E-state index in [1.165, 1.54) is 0 Å². The van der Waals surface area contributed by atoms with Crippen molar-refractivity contribution in [2.24, 2.45) is 0 Å². The van der Waals surface area contributed by atoms with Crippen LogP contribution in [0.25, 0.3) is 10.9 Å². The summed E-state index contributed by atoms with van der Waals surface area (Å²) in [7, 11) is 0. The molecule has 0 N–H and O–H groups in total. The van der Waals surface area contributed by atoms with Crippen LogP contribution in [-0.4, -0.2) is 4.98 Å². The van der Waals surface area contributed by atoms with Crippen molar-refractivity contribution in [3.8, 4) is 12.3 Å². The first-order valence-electron chi connectivity index (χ1n) is 5.41. The minimum absolute atomic E-state index is 0.916. The van der Waals surface area contributed by atoms with Crippen molar-refractivity contribution in [2.45, 2.75) is 20.3 Å². The van der Waals surface area contributed by atoms with Gasteiger partial charge in [-0.1, -0.05) is 44.9 Å². The van der Waals surface area contributed by atoms with Gasteiger partial charge in [0.2, 0.25) is 0 Å². The van der Waals surface area contributed by atoms with Gasteiger partial charge in [-0.3, -0.25) is 4.98 Å². The first-order valence-corrected chi connectivity index (χ1v) is 5.41. The number of nitrogens with zero attached hydrogens (tertiary/aromatic N) is 1. The SMILES string of the molecule is C#Cc1cc(CC)nc2ccccc12.[CH2]C. The molecule has 0 saturated heterocycles. The molecule has 1 heterocycles. The largest absolute Gasteiger partial charge is 0.253 e. The van der Waals surface area contributed by atoms with Gasteiger partial charge in [0.05, 0.1) is 5.52 Å². The number of para-hydroxylation sites is 1. The fourth-order valence-corrected chi connectivity index (χ4v) is 1.53. The zero-order chi connectivity index (χ0) is 12.0. The second-order valence-electron chi connectivity index (χ2n) is 3.18. The third-order valence-corrected chi connectivity index (χ3v) is 2.29. The molecular weight excluding hydrogens is 194 g/mol. The van der Waals surface area contributed by atoms with E-state index < -0.39 is 0 Å². The highest BCUT2D eigenvalue weighted by Gasteiger charge is 2.01. The van der Waals surface area contributed by atoms with Gasteiger partial charge < -0.3 is 0 Å². The summed E-state index contributed by atoms with van der Waals surface area (Å²) in [6.45, 7) is 7.08. The van der Waals surface area contributed by atoms with Crippen LogP contribution in [-0.2, 0) is 6.42 Å². The predicted octanol–water partition coefficient (Wildman–Crippen LogP) is 3.62. The van der Waals surface area contributed by atoms with Crippen LogP contribution in [0, 0.1) is 19.3 Å². The first kappa shape index (κ1) is 12.3. The van der Waals surface area contributed by atoms with E-state index in [4.69, 9.17) is 6.42 Å². The van der Waals surface area contributed by atoms with Crippen LogP contribution in [0.2, 0.25) is 0 Å². The fourth-order valence-electron chi connectivity index (χ4n) is 1.53. The molecule has 81 valence electrons. The Hall–Kier alpha value is -1.81. The number of terminal acetylenes is 1. The molecule has 0 atom stereocenters. The molecule has 1 nitrogen and oxygen atoms in total. The van der Waals surface area contributed by atoms with Crippen molar-refractivity contribution < 1.29 is 0 Å². The molecule has 0 amide bonds. The highest BCUT2D eigenvalue weighted by Crippen LogP contribution is 2.17. The highest BCUT2D eigenvalue weighted by atomic mass is 14.7. The van der Waals surface area contributed by atoms with Crippen molar-refractivity contribution in [1.82, 2.24) is 4.98 Å². The van der Waals surface area contributed by atoms with E-state index in [0.717, 1.165) is 28.6 Å². The summed E-state index contributed by atoms with van der Waals surface area (Å²) in [5.41, 5.74) is 2.98. The maximum absolute atomic E-state index is 5.46. The molecule has 0 fully saturated rings. The van der Waals surface area contributed by atoms with Crippen LogP contribution >= 0.6 is 0 Å². The molecular formula is C15H16N. The minimum Gasteiger partial charge on any atom is -0.253 e. The lowest BCUT2D eigenvalue weighted by molar-refractivity contribution is 1.06. The maximum Gasteiger partial charge on any atom is 0.0717 e. The molecule has 1 aromatic carbocycles. The number of hydrogen-bond donors (Lipinski definition) is 0. The molecule has 0 aliphatic carbocycles. The van der Waals surface area contributed by atoms with E-state index in [2.05, 4.69) is 24.8 Å². The average molecular weight is 210 g/mol. The third kappa shape index (κ3) is 2.41. The monoisotopic (exact) mass is 210 g/mol. The maximum atomic E-state index is 5.46. The second kappa shape index (κ2) is 5.92. The number of pyridine rings is 1. The summed E-state index contributed by atoms with van der Waals surface area (Å²) < 4.78 is 0. The second-order valence-corrected chi connectivity index (χ2v) is 3.18. The van der Waals surface area contributed by atoms with Crippen LogP contribution in [0.1, 0.15) is 25.1 Å². The average Bonchev–Trinajstić information content (AvgIpc) is 2.39. The summed E-state index contributed by atoms with van der Waals surface area (Å²) in [6, 6.07) is 9.96. The highest BCUT2D eigenvalue weighted by molar-refractivity contribution is 5.85. The van der Waals surface area contributed by atoms with E-state index in [0.29, 0.717) is 0 Å². The van der Waals surface area contributed by atoms with Gasteiger partial charge in [-0.05, 0) is 18.6 Å². The van der Waals surface area contributed by atoms with Crippen molar-refractivity contribution in [1.29, 1.82) is 0 Å². The Bertz CT molecular complexity index is 506. The van der Waals surface area contributed by atoms with Crippen molar-refractivity contribution in [3.63, 3.8) is 0 Å². The zero-order valence-corrected chi connectivity index (χ0v) is 9.83. The van der Waals surface area contributed by atoms with Gasteiger partial charge in [-0.15, -0.1) is 6.42 Å². The Labute approximate surface area is 97.5 Å². The third-order valence-electron chi connectivity index (χ3n) is 2.29. The molecule has 0 unspecified atom stereocenters. The lowest BCUT2D eigenvalue weighted by Gasteiger charge is -2.03. The molecule has 0 spiro atoms. The van der Waals surface area contributed by atoms with Gasteiger partial charge >= 0.3 is 0 Å². The summed E-state index contributed by atoms with van der Waals surface area (Å²) in [5, 5.41) is 1.06. The van der Waals surface area contributed by atoms with E-state index in [1.54, 1.807) is 6.92 Å². The normalized spacial score (nSPS) is 9.12. The summed E-state index contributed by atoms with van der Waals surface area (Å²) in [4.78, 5) is 4.51. The molecule has 0 saturated carbocycles. The van der Waals surface area contributed by atoms with Crippen LogP contribution in [0.4, 0.5) is 0 Å². The van der Waals surface area contributed by atoms with Crippen molar-refractivity contribution in [2.75, 3.05) is 0 Å². The number of rotatable bonds is 1. The molecule has 1 heteroatoms. The lowest BCUT2D eigenvalue weighted by Crippen LogP contribution is -1.91. The first-order chi connectivity index (χ1) is 7.85. The quantitative estimate of drug-likeness (QED) is 0.655. The van der Waals surface area contributed by atoms with Crippen molar-refractivity contribution in [3.05, 3.63) is 48.5 Å². The Morgan fingerprint density at radius 2 is 2.00 bits per heavy atom. The summed E-state index contributed by atoms with van der Waals surface area (Å²) in [5.74, 6) is 2.70. The van der Waals surface area contributed by atoms with Crippen LogP contribution in [0.3, 0.4) is 0 Å².